The van der Waals surface area contributed by atoms with E-state index >= 15 is 0 Å². The van der Waals surface area contributed by atoms with Crippen LogP contribution in [0.15, 0.2) is 6.07 Å². The fourth-order valence-electron chi connectivity index (χ4n) is 1.87. The molecule has 0 unspecified atom stereocenters. The third-order valence-corrected chi connectivity index (χ3v) is 2.70. The summed E-state index contributed by atoms with van der Waals surface area (Å²) in [5, 5.41) is 2.53. The summed E-state index contributed by atoms with van der Waals surface area (Å²) in [6.07, 6.45) is 4.95. The molecule has 0 N–H and O–H groups in total. The molecule has 2 rings (SSSR count). The minimum absolute atomic E-state index is 0.276. The predicted molar refractivity (Wildman–Crippen MR) is 65.5 cm³/mol. The van der Waals surface area contributed by atoms with E-state index in [9.17, 15) is 0 Å². The summed E-state index contributed by atoms with van der Waals surface area (Å²) in [6, 6.07) is 2.27. The summed E-state index contributed by atoms with van der Waals surface area (Å²) in [4.78, 5) is 8.48. The number of hydrogen-bond donors (Lipinski definition) is 1. The lowest BCUT2D eigenvalue weighted by Gasteiger charge is -2.11. The van der Waals surface area contributed by atoms with Gasteiger partial charge in [-0.25, -0.2) is 4.98 Å². The second-order valence-electron chi connectivity index (χ2n) is 3.94. The zero-order valence-electron chi connectivity index (χ0n) is 9.23. The van der Waals surface area contributed by atoms with E-state index in [1.807, 2.05) is 13.0 Å². The number of aryl methyl sites for hydroxylation is 1. The lowest BCUT2D eigenvalue weighted by molar-refractivity contribution is 0.191. The molecular formula is C12H14N2OS. The second kappa shape index (κ2) is 5.22. The average Bonchev–Trinajstić information content (AvgIpc) is 2.70. The molecule has 1 aliphatic rings. The number of ether oxygens (including phenoxy) is 1. The van der Waals surface area contributed by atoms with Gasteiger partial charge in [-0.2, -0.15) is 4.98 Å². The molecule has 0 atom stereocenters. The molecule has 1 aromatic rings. The molecule has 0 radical (unpaired) electrons. The van der Waals surface area contributed by atoms with Gasteiger partial charge >= 0.3 is 6.01 Å². The number of rotatable bonds is 2. The van der Waals surface area contributed by atoms with Crippen LogP contribution in [0, 0.1) is 18.1 Å². The van der Waals surface area contributed by atoms with Gasteiger partial charge in [0.1, 0.15) is 11.8 Å². The summed E-state index contributed by atoms with van der Waals surface area (Å²) >= 11 is 3.85. The Kier molecular flexibility index (Phi) is 3.68. The maximum atomic E-state index is 5.73. The van der Waals surface area contributed by atoms with Crippen molar-refractivity contribution in [2.24, 2.45) is 0 Å². The van der Waals surface area contributed by atoms with Gasteiger partial charge in [0.25, 0.3) is 0 Å². The van der Waals surface area contributed by atoms with E-state index in [1.54, 1.807) is 0 Å². The third kappa shape index (κ3) is 2.89. The molecule has 84 valence electrons. The summed E-state index contributed by atoms with van der Waals surface area (Å²) in [5.41, 5.74) is 1.53. The smallest absolute Gasteiger partial charge is 0.318 e. The highest BCUT2D eigenvalue weighted by molar-refractivity contribution is 7.85. The summed E-state index contributed by atoms with van der Waals surface area (Å²) in [7, 11) is 0. The molecule has 0 amide bonds. The van der Waals surface area contributed by atoms with Crippen LogP contribution in [-0.4, -0.2) is 16.1 Å². The summed E-state index contributed by atoms with van der Waals surface area (Å²) < 4.78 is 5.73. The lowest BCUT2D eigenvalue weighted by Crippen LogP contribution is -2.13. The Morgan fingerprint density at radius 1 is 1.38 bits per heavy atom. The van der Waals surface area contributed by atoms with Crippen molar-refractivity contribution in [1.29, 1.82) is 0 Å². The average molecular weight is 234 g/mol. The second-order valence-corrected chi connectivity index (χ2v) is 4.16. The third-order valence-electron chi connectivity index (χ3n) is 2.59. The highest BCUT2D eigenvalue weighted by Crippen LogP contribution is 2.22. The van der Waals surface area contributed by atoms with Gasteiger partial charge in [-0.3, -0.25) is 0 Å². The minimum atomic E-state index is 0.276. The van der Waals surface area contributed by atoms with Crippen LogP contribution in [0.5, 0.6) is 6.01 Å². The van der Waals surface area contributed by atoms with Crippen molar-refractivity contribution in [1.82, 2.24) is 9.97 Å². The number of nitrogens with zero attached hydrogens (tertiary/aromatic N) is 2. The molecular weight excluding hydrogens is 220 g/mol. The molecule has 16 heavy (non-hydrogen) atoms. The van der Waals surface area contributed by atoms with Crippen molar-refractivity contribution in [3.05, 3.63) is 17.5 Å². The van der Waals surface area contributed by atoms with E-state index < -0.39 is 0 Å². The molecule has 0 saturated heterocycles. The highest BCUT2D eigenvalue weighted by Gasteiger charge is 2.17. The van der Waals surface area contributed by atoms with Crippen molar-refractivity contribution in [3.63, 3.8) is 0 Å². The number of thiol groups is 1. The van der Waals surface area contributed by atoms with Crippen LogP contribution in [0.1, 0.15) is 37.1 Å². The molecule has 1 heterocycles. The Morgan fingerprint density at radius 2 is 2.12 bits per heavy atom. The normalized spacial score (nSPS) is 15.6. The Morgan fingerprint density at radius 3 is 2.81 bits per heavy atom. The van der Waals surface area contributed by atoms with Crippen LogP contribution in [0.3, 0.4) is 0 Å². The van der Waals surface area contributed by atoms with Gasteiger partial charge in [-0.15, -0.1) is 0 Å². The molecule has 1 aliphatic carbocycles. The van der Waals surface area contributed by atoms with Crippen molar-refractivity contribution in [2.75, 3.05) is 0 Å². The van der Waals surface area contributed by atoms with E-state index in [2.05, 4.69) is 33.8 Å². The van der Waals surface area contributed by atoms with E-state index in [0.29, 0.717) is 11.7 Å². The van der Waals surface area contributed by atoms with Gasteiger partial charge in [0.05, 0.1) is 0 Å². The summed E-state index contributed by atoms with van der Waals surface area (Å²) in [5.74, 6) is 2.80. The molecule has 0 bridgehead atoms. The quantitative estimate of drug-likeness (QED) is 0.630. The van der Waals surface area contributed by atoms with Gasteiger partial charge in [-0.1, -0.05) is 12.6 Å². The molecule has 0 spiro atoms. The van der Waals surface area contributed by atoms with Crippen molar-refractivity contribution >= 4 is 12.6 Å². The van der Waals surface area contributed by atoms with Crippen molar-refractivity contribution in [3.8, 4) is 17.2 Å². The van der Waals surface area contributed by atoms with Gasteiger partial charge in [0.15, 0.2) is 0 Å². The van der Waals surface area contributed by atoms with Crippen molar-refractivity contribution in [2.45, 2.75) is 38.7 Å². The van der Waals surface area contributed by atoms with Crippen LogP contribution in [0.25, 0.3) is 0 Å². The largest absolute Gasteiger partial charge is 0.460 e. The Labute approximate surface area is 101 Å². The first-order chi connectivity index (χ1) is 7.78. The predicted octanol–water partition coefficient (Wildman–Crippen LogP) is 2.35. The van der Waals surface area contributed by atoms with E-state index in [-0.39, 0.29) is 6.10 Å². The van der Waals surface area contributed by atoms with Gasteiger partial charge in [0.2, 0.25) is 0 Å². The number of aromatic nitrogens is 2. The molecule has 4 heteroatoms. The molecule has 1 fully saturated rings. The first-order valence-electron chi connectivity index (χ1n) is 5.45. The Balaban J connectivity index is 2.15. The maximum absolute atomic E-state index is 5.73. The Hall–Kier alpha value is -1.21. The Bertz CT molecular complexity index is 430. The van der Waals surface area contributed by atoms with Crippen LogP contribution in [-0.2, 0) is 0 Å². The SMILES string of the molecule is Cc1cc(C#CS)nc(OC2CCCC2)n1. The van der Waals surface area contributed by atoms with Gasteiger partial charge in [0, 0.05) is 5.69 Å². The minimum Gasteiger partial charge on any atom is -0.460 e. The molecule has 3 nitrogen and oxygen atoms in total. The van der Waals surface area contributed by atoms with E-state index in [1.165, 1.54) is 12.8 Å². The van der Waals surface area contributed by atoms with E-state index in [0.717, 1.165) is 18.5 Å². The molecule has 0 aliphatic heterocycles. The highest BCUT2D eigenvalue weighted by atomic mass is 32.1. The van der Waals surface area contributed by atoms with Crippen molar-refractivity contribution < 1.29 is 4.74 Å². The van der Waals surface area contributed by atoms with Crippen LogP contribution >= 0.6 is 12.6 Å². The first-order valence-corrected chi connectivity index (χ1v) is 5.90. The monoisotopic (exact) mass is 234 g/mol. The van der Waals surface area contributed by atoms with Gasteiger partial charge < -0.3 is 4.74 Å². The fourth-order valence-corrected chi connectivity index (χ4v) is 1.99. The number of hydrogen-bond acceptors (Lipinski definition) is 4. The van der Waals surface area contributed by atoms with Crippen LogP contribution in [0.2, 0.25) is 0 Å². The fraction of sp³-hybridized carbons (Fsp3) is 0.500. The zero-order chi connectivity index (χ0) is 11.4. The topological polar surface area (TPSA) is 35.0 Å². The van der Waals surface area contributed by atoms with Gasteiger partial charge in [-0.05, 0) is 49.8 Å². The summed E-state index contributed by atoms with van der Waals surface area (Å²) in [6.45, 7) is 1.91. The lowest BCUT2D eigenvalue weighted by atomic mass is 10.3. The first kappa shape index (κ1) is 11.3. The molecule has 1 aromatic heterocycles. The van der Waals surface area contributed by atoms with Crippen LogP contribution < -0.4 is 4.74 Å². The zero-order valence-corrected chi connectivity index (χ0v) is 10.1. The van der Waals surface area contributed by atoms with Crippen LogP contribution in [0.4, 0.5) is 0 Å². The van der Waals surface area contributed by atoms with E-state index in [4.69, 9.17) is 4.74 Å². The molecule has 0 aromatic carbocycles. The molecule has 1 saturated carbocycles. The maximum Gasteiger partial charge on any atom is 0.318 e. The standard InChI is InChI=1S/C12H14N2OS/c1-9-8-10(6-7-16)14-12(13-9)15-11-4-2-3-5-11/h8,11,16H,2-5H2,1H3.